The number of nitrogens with one attached hydrogen (secondary N) is 2. The molecule has 0 saturated carbocycles. The molecule has 1 heterocycles. The van der Waals surface area contributed by atoms with Gasteiger partial charge >= 0.3 is 0 Å². The van der Waals surface area contributed by atoms with Gasteiger partial charge in [-0.25, -0.2) is 0 Å². The lowest BCUT2D eigenvalue weighted by atomic mass is 9.94. The summed E-state index contributed by atoms with van der Waals surface area (Å²) in [5, 5.41) is 15.2. The Kier molecular flexibility index (Phi) is 6.47. The summed E-state index contributed by atoms with van der Waals surface area (Å²) in [5.41, 5.74) is 0. The molecule has 0 aromatic rings. The number of ether oxygens (including phenoxy) is 1. The Bertz CT molecular complexity index is 236. The van der Waals surface area contributed by atoms with Gasteiger partial charge < -0.3 is 20.5 Å². The second-order valence-electron chi connectivity index (χ2n) is 4.81. The fourth-order valence-electron chi connectivity index (χ4n) is 2.08. The molecule has 17 heavy (non-hydrogen) atoms. The van der Waals surface area contributed by atoms with Gasteiger partial charge in [-0.3, -0.25) is 4.79 Å². The topological polar surface area (TPSA) is 70.6 Å². The summed E-state index contributed by atoms with van der Waals surface area (Å²) in [5.74, 6) is 0.574. The Hall–Kier alpha value is -0.650. The Morgan fingerprint density at radius 2 is 2.41 bits per heavy atom. The molecular weight excluding hydrogens is 220 g/mol. The Labute approximate surface area is 103 Å². The zero-order valence-electron chi connectivity index (χ0n) is 10.7. The fraction of sp³-hybridized carbons (Fsp3) is 0.917. The summed E-state index contributed by atoms with van der Waals surface area (Å²) in [6.07, 6.45) is 2.63. The van der Waals surface area contributed by atoms with Crippen LogP contribution in [0.2, 0.25) is 0 Å². The third kappa shape index (κ3) is 5.02. The minimum absolute atomic E-state index is 0.00768. The number of rotatable bonds is 6. The maximum Gasteiger partial charge on any atom is 0.237 e. The molecule has 3 N–H and O–H groups in total. The highest BCUT2D eigenvalue weighted by Gasteiger charge is 2.25. The third-order valence-corrected chi connectivity index (χ3v) is 3.22. The molecule has 0 radical (unpaired) electrons. The molecule has 1 saturated heterocycles. The average molecular weight is 244 g/mol. The third-order valence-electron chi connectivity index (χ3n) is 3.22. The first-order chi connectivity index (χ1) is 8.17. The van der Waals surface area contributed by atoms with Crippen LogP contribution in [-0.2, 0) is 9.53 Å². The standard InChI is InChI=1S/C12H24N2O3/c1-9-3-5-13-11(7-9)12(16)14-10(8-15)4-6-17-2/h9-11,13,15H,3-8H2,1-2H3,(H,14,16). The quantitative estimate of drug-likeness (QED) is 0.609. The van der Waals surface area contributed by atoms with E-state index in [0.717, 1.165) is 19.4 Å². The number of carbonyl (C=O) groups is 1. The molecule has 0 aliphatic carbocycles. The SMILES string of the molecule is COCCC(CO)NC(=O)C1CC(C)CCN1. The number of aliphatic hydroxyl groups is 1. The van der Waals surface area contributed by atoms with E-state index in [4.69, 9.17) is 9.84 Å². The second-order valence-corrected chi connectivity index (χ2v) is 4.81. The molecule has 0 aromatic carbocycles. The van der Waals surface area contributed by atoms with Gasteiger partial charge in [0.1, 0.15) is 0 Å². The second kappa shape index (κ2) is 7.63. The van der Waals surface area contributed by atoms with Crippen LogP contribution >= 0.6 is 0 Å². The number of carbonyl (C=O) groups excluding carboxylic acids is 1. The molecule has 0 spiro atoms. The number of hydrogen-bond donors (Lipinski definition) is 3. The predicted octanol–water partition coefficient (Wildman–Crippen LogP) is -0.112. The molecular formula is C12H24N2O3. The molecule has 1 aliphatic rings. The van der Waals surface area contributed by atoms with Crippen molar-refractivity contribution in [2.75, 3.05) is 26.9 Å². The molecule has 5 heteroatoms. The molecule has 5 nitrogen and oxygen atoms in total. The van der Waals surface area contributed by atoms with Crippen LogP contribution in [-0.4, -0.2) is 50.0 Å². The van der Waals surface area contributed by atoms with E-state index in [9.17, 15) is 4.79 Å². The lowest BCUT2D eigenvalue weighted by molar-refractivity contribution is -0.125. The van der Waals surface area contributed by atoms with E-state index >= 15 is 0 Å². The summed E-state index contributed by atoms with van der Waals surface area (Å²) in [6, 6.07) is -0.322. The van der Waals surface area contributed by atoms with Crippen LogP contribution in [0.1, 0.15) is 26.2 Å². The van der Waals surface area contributed by atoms with Crippen LogP contribution in [0.5, 0.6) is 0 Å². The molecule has 1 aliphatic heterocycles. The fourth-order valence-corrected chi connectivity index (χ4v) is 2.08. The number of amides is 1. The van der Waals surface area contributed by atoms with Crippen LogP contribution in [0.4, 0.5) is 0 Å². The number of methoxy groups -OCH3 is 1. The minimum atomic E-state index is -0.207. The van der Waals surface area contributed by atoms with Crippen LogP contribution in [0, 0.1) is 5.92 Å². The van der Waals surface area contributed by atoms with Gasteiger partial charge in [-0.15, -0.1) is 0 Å². The van der Waals surface area contributed by atoms with E-state index in [1.165, 1.54) is 0 Å². The van der Waals surface area contributed by atoms with E-state index in [1.807, 2.05) is 0 Å². The maximum atomic E-state index is 12.0. The van der Waals surface area contributed by atoms with Crippen molar-refractivity contribution in [1.29, 1.82) is 0 Å². The summed E-state index contributed by atoms with van der Waals surface area (Å²) >= 11 is 0. The monoisotopic (exact) mass is 244 g/mol. The Morgan fingerprint density at radius 3 is 3.00 bits per heavy atom. The van der Waals surface area contributed by atoms with Gasteiger partial charge in [0.25, 0.3) is 0 Å². The van der Waals surface area contributed by atoms with Crippen LogP contribution in [0.15, 0.2) is 0 Å². The van der Waals surface area contributed by atoms with Crippen LogP contribution in [0.3, 0.4) is 0 Å². The lowest BCUT2D eigenvalue weighted by Gasteiger charge is -2.28. The van der Waals surface area contributed by atoms with Gasteiger partial charge in [0.15, 0.2) is 0 Å². The highest BCUT2D eigenvalue weighted by molar-refractivity contribution is 5.82. The van der Waals surface area contributed by atoms with Crippen LogP contribution < -0.4 is 10.6 Å². The largest absolute Gasteiger partial charge is 0.394 e. The van der Waals surface area contributed by atoms with E-state index < -0.39 is 0 Å². The Balaban J connectivity index is 2.35. The van der Waals surface area contributed by atoms with Gasteiger partial charge in [0.2, 0.25) is 5.91 Å². The van der Waals surface area contributed by atoms with Crippen molar-refractivity contribution in [3.8, 4) is 0 Å². The van der Waals surface area contributed by atoms with Crippen molar-refractivity contribution in [1.82, 2.24) is 10.6 Å². The van der Waals surface area contributed by atoms with Crippen molar-refractivity contribution in [3.63, 3.8) is 0 Å². The normalized spacial score (nSPS) is 26.5. The maximum absolute atomic E-state index is 12.0. The van der Waals surface area contributed by atoms with Crippen molar-refractivity contribution < 1.29 is 14.6 Å². The first-order valence-electron chi connectivity index (χ1n) is 6.31. The van der Waals surface area contributed by atoms with E-state index in [-0.39, 0.29) is 24.6 Å². The van der Waals surface area contributed by atoms with Gasteiger partial charge in [0, 0.05) is 13.7 Å². The van der Waals surface area contributed by atoms with E-state index in [0.29, 0.717) is 18.9 Å². The molecule has 3 unspecified atom stereocenters. The van der Waals surface area contributed by atoms with Gasteiger partial charge in [-0.05, 0) is 31.7 Å². The van der Waals surface area contributed by atoms with Crippen molar-refractivity contribution in [3.05, 3.63) is 0 Å². The predicted molar refractivity (Wildman–Crippen MR) is 65.7 cm³/mol. The van der Waals surface area contributed by atoms with Crippen molar-refractivity contribution in [2.24, 2.45) is 5.92 Å². The highest BCUT2D eigenvalue weighted by atomic mass is 16.5. The van der Waals surface area contributed by atoms with E-state index in [1.54, 1.807) is 7.11 Å². The minimum Gasteiger partial charge on any atom is -0.394 e. The van der Waals surface area contributed by atoms with Crippen molar-refractivity contribution >= 4 is 5.91 Å². The molecule has 1 amide bonds. The molecule has 3 atom stereocenters. The summed E-state index contributed by atoms with van der Waals surface area (Å²) < 4.78 is 4.94. The summed E-state index contributed by atoms with van der Waals surface area (Å²) in [6.45, 7) is 3.55. The van der Waals surface area contributed by atoms with Gasteiger partial charge in [0.05, 0.1) is 18.7 Å². The lowest BCUT2D eigenvalue weighted by Crippen LogP contribution is -2.51. The molecule has 1 rings (SSSR count). The average Bonchev–Trinajstić information content (AvgIpc) is 2.34. The zero-order valence-corrected chi connectivity index (χ0v) is 10.7. The smallest absolute Gasteiger partial charge is 0.237 e. The highest BCUT2D eigenvalue weighted by Crippen LogP contribution is 2.15. The molecule has 100 valence electrons. The van der Waals surface area contributed by atoms with Crippen molar-refractivity contribution in [2.45, 2.75) is 38.3 Å². The summed E-state index contributed by atoms with van der Waals surface area (Å²) in [4.78, 5) is 12.0. The molecule has 1 fully saturated rings. The van der Waals surface area contributed by atoms with E-state index in [2.05, 4.69) is 17.6 Å². The number of aliphatic hydroxyl groups excluding tert-OH is 1. The molecule has 0 aromatic heterocycles. The molecule has 0 bridgehead atoms. The first-order valence-corrected chi connectivity index (χ1v) is 6.31. The first kappa shape index (κ1) is 14.4. The van der Waals surface area contributed by atoms with Gasteiger partial charge in [-0.1, -0.05) is 6.92 Å². The summed E-state index contributed by atoms with van der Waals surface area (Å²) in [7, 11) is 1.61. The number of hydrogen-bond acceptors (Lipinski definition) is 4. The van der Waals surface area contributed by atoms with Crippen LogP contribution in [0.25, 0.3) is 0 Å². The van der Waals surface area contributed by atoms with Gasteiger partial charge in [-0.2, -0.15) is 0 Å². The Morgan fingerprint density at radius 1 is 1.65 bits per heavy atom. The zero-order chi connectivity index (χ0) is 12.7. The number of piperidine rings is 1.